The van der Waals surface area contributed by atoms with E-state index >= 15 is 0 Å². The Labute approximate surface area is 154 Å². The zero-order valence-corrected chi connectivity index (χ0v) is 16.1. The van der Waals surface area contributed by atoms with Crippen LogP contribution in [-0.2, 0) is 18.4 Å². The molecule has 1 amide bonds. The fraction of sp³-hybridized carbons (Fsp3) is 0.600. The van der Waals surface area contributed by atoms with E-state index in [1.807, 2.05) is 31.4 Å². The van der Waals surface area contributed by atoms with Crippen molar-refractivity contribution >= 4 is 5.91 Å². The molecule has 140 valence electrons. The number of hydrogen-bond acceptors (Lipinski definition) is 4. The van der Waals surface area contributed by atoms with E-state index in [1.54, 1.807) is 4.68 Å². The third-order valence-electron chi connectivity index (χ3n) is 5.89. The van der Waals surface area contributed by atoms with Crippen molar-refractivity contribution in [3.63, 3.8) is 0 Å². The minimum Gasteiger partial charge on any atom is -0.464 e. The molecule has 2 unspecified atom stereocenters. The van der Waals surface area contributed by atoms with Gasteiger partial charge < -0.3 is 9.32 Å². The van der Waals surface area contributed by atoms with Crippen molar-refractivity contribution in [3.05, 3.63) is 41.6 Å². The Hall–Kier alpha value is -2.08. The van der Waals surface area contributed by atoms with Crippen molar-refractivity contribution in [1.82, 2.24) is 19.6 Å². The van der Waals surface area contributed by atoms with Crippen molar-refractivity contribution in [2.75, 3.05) is 20.6 Å². The molecule has 1 saturated heterocycles. The summed E-state index contributed by atoms with van der Waals surface area (Å²) in [7, 11) is 5.91. The minimum absolute atomic E-state index is 0.0955. The fourth-order valence-electron chi connectivity index (χ4n) is 4.33. The van der Waals surface area contributed by atoms with E-state index < -0.39 is 0 Å². The molecule has 1 aliphatic carbocycles. The van der Waals surface area contributed by atoms with Gasteiger partial charge in [0.25, 0.3) is 0 Å². The van der Waals surface area contributed by atoms with Crippen LogP contribution in [-0.4, -0.2) is 46.1 Å². The zero-order valence-electron chi connectivity index (χ0n) is 16.1. The van der Waals surface area contributed by atoms with Crippen LogP contribution in [0, 0.1) is 11.8 Å². The number of aryl methyl sites for hydroxylation is 1. The van der Waals surface area contributed by atoms with Gasteiger partial charge in [-0.3, -0.25) is 14.4 Å². The van der Waals surface area contributed by atoms with Gasteiger partial charge in [-0.1, -0.05) is 6.92 Å². The Balaban J connectivity index is 1.41. The molecule has 0 spiro atoms. The molecular weight excluding hydrogens is 328 g/mol. The third-order valence-corrected chi connectivity index (χ3v) is 5.89. The summed E-state index contributed by atoms with van der Waals surface area (Å²) in [6.07, 6.45) is 5.72. The standard InChI is InChI=1S/C20H28N4O2/c1-13-7-17(13)18-6-5-16(26-18)12-22(2)10-14-8-19(25)24(4)20(14)15-9-21-23(3)11-15/h5-6,9,11,13-14,17,20H,7-8,10,12H2,1-4H3/t13?,14-,17?,20+/m0/s1. The highest BCUT2D eigenvalue weighted by Gasteiger charge is 2.40. The molecule has 6 nitrogen and oxygen atoms in total. The first-order chi connectivity index (χ1) is 12.4. The summed E-state index contributed by atoms with van der Waals surface area (Å²) >= 11 is 0. The van der Waals surface area contributed by atoms with Crippen LogP contribution in [0.1, 0.15) is 48.8 Å². The van der Waals surface area contributed by atoms with Crippen LogP contribution >= 0.6 is 0 Å². The molecule has 0 N–H and O–H groups in total. The van der Waals surface area contributed by atoms with Crippen LogP contribution in [0.25, 0.3) is 0 Å². The predicted molar refractivity (Wildman–Crippen MR) is 98.4 cm³/mol. The van der Waals surface area contributed by atoms with Crippen LogP contribution in [0.3, 0.4) is 0 Å². The summed E-state index contributed by atoms with van der Waals surface area (Å²) < 4.78 is 7.84. The predicted octanol–water partition coefficient (Wildman–Crippen LogP) is 2.79. The number of aromatic nitrogens is 2. The van der Waals surface area contributed by atoms with Crippen LogP contribution in [0.5, 0.6) is 0 Å². The molecule has 2 aromatic heterocycles. The molecule has 0 aromatic carbocycles. The fourth-order valence-corrected chi connectivity index (χ4v) is 4.33. The van der Waals surface area contributed by atoms with Crippen molar-refractivity contribution < 1.29 is 9.21 Å². The Morgan fingerprint density at radius 3 is 2.77 bits per heavy atom. The average Bonchev–Trinajstić information content (AvgIpc) is 2.90. The molecular formula is C20H28N4O2. The molecule has 4 rings (SSSR count). The van der Waals surface area contributed by atoms with Crippen molar-refractivity contribution in [2.24, 2.45) is 18.9 Å². The van der Waals surface area contributed by atoms with Crippen molar-refractivity contribution in [3.8, 4) is 0 Å². The lowest BCUT2D eigenvalue weighted by atomic mass is 9.95. The number of amides is 1. The number of furan rings is 1. The van der Waals surface area contributed by atoms with Crippen LogP contribution in [0.2, 0.25) is 0 Å². The summed E-state index contributed by atoms with van der Waals surface area (Å²) in [4.78, 5) is 16.4. The summed E-state index contributed by atoms with van der Waals surface area (Å²) in [5.41, 5.74) is 1.11. The maximum absolute atomic E-state index is 12.3. The van der Waals surface area contributed by atoms with E-state index in [-0.39, 0.29) is 17.9 Å². The van der Waals surface area contributed by atoms with Gasteiger partial charge in [-0.15, -0.1) is 0 Å². The number of rotatable bonds is 6. The van der Waals surface area contributed by atoms with Gasteiger partial charge in [-0.05, 0) is 31.5 Å². The molecule has 26 heavy (non-hydrogen) atoms. The highest BCUT2D eigenvalue weighted by molar-refractivity contribution is 5.79. The highest BCUT2D eigenvalue weighted by atomic mass is 16.3. The Morgan fingerprint density at radius 2 is 2.12 bits per heavy atom. The zero-order chi connectivity index (χ0) is 18.4. The lowest BCUT2D eigenvalue weighted by Gasteiger charge is -2.27. The summed E-state index contributed by atoms with van der Waals surface area (Å²) in [5, 5.41) is 4.28. The highest BCUT2D eigenvalue weighted by Crippen LogP contribution is 2.47. The van der Waals surface area contributed by atoms with Gasteiger partial charge in [0.2, 0.25) is 5.91 Å². The maximum Gasteiger partial charge on any atom is 0.223 e. The lowest BCUT2D eigenvalue weighted by molar-refractivity contribution is -0.127. The van der Waals surface area contributed by atoms with Gasteiger partial charge in [0.05, 0.1) is 18.8 Å². The molecule has 6 heteroatoms. The van der Waals surface area contributed by atoms with E-state index in [0.29, 0.717) is 12.3 Å². The molecule has 1 saturated carbocycles. The summed E-state index contributed by atoms with van der Waals surface area (Å²) in [6, 6.07) is 4.32. The lowest BCUT2D eigenvalue weighted by Crippen LogP contribution is -2.30. The smallest absolute Gasteiger partial charge is 0.223 e. The Kier molecular flexibility index (Phi) is 4.39. The van der Waals surface area contributed by atoms with Gasteiger partial charge in [-0.2, -0.15) is 5.10 Å². The maximum atomic E-state index is 12.3. The summed E-state index contributed by atoms with van der Waals surface area (Å²) in [5.74, 6) is 3.99. The van der Waals surface area contributed by atoms with Crippen molar-refractivity contribution in [2.45, 2.75) is 38.3 Å². The minimum atomic E-state index is 0.0955. The molecule has 4 atom stereocenters. The SMILES string of the molecule is CC1CC1c1ccc(CN(C)C[C@@H]2CC(=O)N(C)[C@H]2c2cnn(C)c2)o1. The first-order valence-electron chi connectivity index (χ1n) is 9.43. The second-order valence-corrected chi connectivity index (χ2v) is 8.18. The van der Waals surface area contributed by atoms with Crippen LogP contribution < -0.4 is 0 Å². The Bertz CT molecular complexity index is 795. The van der Waals surface area contributed by atoms with Crippen LogP contribution in [0.15, 0.2) is 28.9 Å². The van der Waals surface area contributed by atoms with E-state index in [4.69, 9.17) is 4.42 Å². The Morgan fingerprint density at radius 1 is 1.35 bits per heavy atom. The molecule has 3 heterocycles. The molecule has 0 radical (unpaired) electrons. The third kappa shape index (κ3) is 3.30. The van der Waals surface area contributed by atoms with E-state index in [2.05, 4.69) is 36.1 Å². The normalized spacial score (nSPS) is 28.3. The average molecular weight is 356 g/mol. The topological polar surface area (TPSA) is 54.5 Å². The van der Waals surface area contributed by atoms with Gasteiger partial charge >= 0.3 is 0 Å². The largest absolute Gasteiger partial charge is 0.464 e. The number of nitrogens with zero attached hydrogens (tertiary/aromatic N) is 4. The number of likely N-dealkylation sites (tertiary alicyclic amines) is 1. The molecule has 1 aliphatic heterocycles. The number of hydrogen-bond donors (Lipinski definition) is 0. The van der Waals surface area contributed by atoms with Gasteiger partial charge in [0, 0.05) is 50.7 Å². The second kappa shape index (κ2) is 6.58. The van der Waals surface area contributed by atoms with Crippen molar-refractivity contribution in [1.29, 1.82) is 0 Å². The van der Waals surface area contributed by atoms with Crippen LogP contribution in [0.4, 0.5) is 0 Å². The number of carbonyl (C=O) groups excluding carboxylic acids is 1. The summed E-state index contributed by atoms with van der Waals surface area (Å²) in [6.45, 7) is 3.89. The van der Waals surface area contributed by atoms with E-state index in [9.17, 15) is 4.79 Å². The number of carbonyl (C=O) groups is 1. The molecule has 2 aliphatic rings. The second-order valence-electron chi connectivity index (χ2n) is 8.18. The molecule has 2 fully saturated rings. The van der Waals surface area contributed by atoms with Gasteiger partial charge in [0.15, 0.2) is 0 Å². The molecule has 0 bridgehead atoms. The van der Waals surface area contributed by atoms with E-state index in [0.717, 1.165) is 36.1 Å². The first-order valence-corrected chi connectivity index (χ1v) is 9.43. The quantitative estimate of drug-likeness (QED) is 0.799. The van der Waals surface area contributed by atoms with E-state index in [1.165, 1.54) is 6.42 Å². The molecule has 2 aromatic rings. The van der Waals surface area contributed by atoms with Gasteiger partial charge in [-0.25, -0.2) is 0 Å². The first kappa shape index (κ1) is 17.3. The monoisotopic (exact) mass is 356 g/mol. The van der Waals surface area contributed by atoms with Gasteiger partial charge in [0.1, 0.15) is 11.5 Å².